The fourth-order valence-electron chi connectivity index (χ4n) is 2.60. The normalized spacial score (nSPS) is 10.3. The van der Waals surface area contributed by atoms with Gasteiger partial charge in [0.2, 0.25) is 0 Å². The van der Waals surface area contributed by atoms with Crippen LogP contribution in [0.25, 0.3) is 0 Å². The van der Waals surface area contributed by atoms with Crippen LogP contribution in [0, 0.1) is 0 Å². The van der Waals surface area contributed by atoms with E-state index in [9.17, 15) is 4.79 Å². The number of benzene rings is 2. The van der Waals surface area contributed by atoms with Gasteiger partial charge in [-0.3, -0.25) is 4.79 Å². The highest BCUT2D eigenvalue weighted by Crippen LogP contribution is 2.27. The maximum absolute atomic E-state index is 12.4. The van der Waals surface area contributed by atoms with Crippen LogP contribution >= 0.6 is 11.6 Å². The first kappa shape index (κ1) is 18.7. The molecule has 1 amide bonds. The number of rotatable bonds is 6. The molecule has 27 heavy (non-hydrogen) atoms. The number of nitrogens with one attached hydrogen (secondary N) is 1. The number of para-hydroxylation sites is 1. The smallest absolute Gasteiger partial charge is 0.275 e. The standard InChI is InChI=1S/C20H19ClN4O2/c1-3-25(15-7-5-4-6-8-15)19-13-22-17(12-23-19)20(26)24-14-9-10-18(27-2)16(21)11-14/h4-13H,3H2,1-2H3,(H,24,26). The van der Waals surface area contributed by atoms with E-state index >= 15 is 0 Å². The molecule has 3 aromatic rings. The molecule has 0 spiro atoms. The topological polar surface area (TPSA) is 67.4 Å². The summed E-state index contributed by atoms with van der Waals surface area (Å²) in [6.07, 6.45) is 3.05. The number of methoxy groups -OCH3 is 1. The van der Waals surface area contributed by atoms with Crippen LogP contribution in [0.5, 0.6) is 5.75 Å². The van der Waals surface area contributed by atoms with Crippen molar-refractivity contribution in [3.05, 3.63) is 71.6 Å². The van der Waals surface area contributed by atoms with Crippen molar-refractivity contribution in [3.63, 3.8) is 0 Å². The summed E-state index contributed by atoms with van der Waals surface area (Å²) in [6.45, 7) is 2.76. The zero-order valence-corrected chi connectivity index (χ0v) is 15.8. The highest BCUT2D eigenvalue weighted by atomic mass is 35.5. The summed E-state index contributed by atoms with van der Waals surface area (Å²) in [6, 6.07) is 14.9. The molecular weight excluding hydrogens is 364 g/mol. The van der Waals surface area contributed by atoms with E-state index in [2.05, 4.69) is 15.3 Å². The summed E-state index contributed by atoms with van der Waals surface area (Å²) in [7, 11) is 1.53. The molecule has 0 saturated carbocycles. The SMILES string of the molecule is CCN(c1ccccc1)c1cnc(C(=O)Nc2ccc(OC)c(Cl)c2)cn1. The Morgan fingerprint density at radius 3 is 2.52 bits per heavy atom. The minimum absolute atomic E-state index is 0.217. The molecule has 1 aromatic heterocycles. The van der Waals surface area contributed by atoms with E-state index in [1.54, 1.807) is 24.4 Å². The van der Waals surface area contributed by atoms with E-state index in [4.69, 9.17) is 16.3 Å². The first-order valence-electron chi connectivity index (χ1n) is 8.42. The second-order valence-corrected chi connectivity index (χ2v) is 6.05. The van der Waals surface area contributed by atoms with Crippen molar-refractivity contribution in [1.82, 2.24) is 9.97 Å². The molecule has 7 heteroatoms. The number of aromatic nitrogens is 2. The zero-order valence-electron chi connectivity index (χ0n) is 15.0. The first-order valence-corrected chi connectivity index (χ1v) is 8.79. The second kappa shape index (κ2) is 8.51. The number of ether oxygens (including phenoxy) is 1. The van der Waals surface area contributed by atoms with Gasteiger partial charge in [0.05, 0.1) is 24.5 Å². The number of anilines is 3. The Kier molecular flexibility index (Phi) is 5.88. The summed E-state index contributed by atoms with van der Waals surface area (Å²) in [5.41, 5.74) is 1.78. The Hall–Kier alpha value is -3.12. The van der Waals surface area contributed by atoms with Crippen molar-refractivity contribution in [3.8, 4) is 5.75 Å². The lowest BCUT2D eigenvalue weighted by molar-refractivity contribution is 0.102. The summed E-state index contributed by atoms with van der Waals surface area (Å²) in [4.78, 5) is 23.1. The lowest BCUT2D eigenvalue weighted by Crippen LogP contribution is -2.19. The van der Waals surface area contributed by atoms with Gasteiger partial charge in [0.25, 0.3) is 5.91 Å². The molecule has 1 heterocycles. The monoisotopic (exact) mass is 382 g/mol. The third-order valence-electron chi connectivity index (χ3n) is 3.94. The largest absolute Gasteiger partial charge is 0.495 e. The average molecular weight is 383 g/mol. The van der Waals surface area contributed by atoms with Crippen LogP contribution in [0.4, 0.5) is 17.2 Å². The Balaban J connectivity index is 1.74. The molecule has 0 aliphatic rings. The maximum Gasteiger partial charge on any atom is 0.275 e. The molecule has 3 rings (SSSR count). The molecule has 0 bridgehead atoms. The van der Waals surface area contributed by atoms with Crippen molar-refractivity contribution in [2.24, 2.45) is 0 Å². The van der Waals surface area contributed by atoms with Crippen molar-refractivity contribution in [2.45, 2.75) is 6.92 Å². The van der Waals surface area contributed by atoms with Gasteiger partial charge in [0, 0.05) is 17.9 Å². The van der Waals surface area contributed by atoms with Crippen LogP contribution in [0.1, 0.15) is 17.4 Å². The molecule has 2 aromatic carbocycles. The van der Waals surface area contributed by atoms with Crippen molar-refractivity contribution >= 4 is 34.7 Å². The van der Waals surface area contributed by atoms with Crippen LogP contribution in [0.3, 0.4) is 0 Å². The zero-order chi connectivity index (χ0) is 19.2. The van der Waals surface area contributed by atoms with Crippen molar-refractivity contribution < 1.29 is 9.53 Å². The van der Waals surface area contributed by atoms with Crippen LogP contribution in [-0.2, 0) is 0 Å². The molecule has 0 unspecified atom stereocenters. The van der Waals surface area contributed by atoms with Gasteiger partial charge < -0.3 is 15.0 Å². The fourth-order valence-corrected chi connectivity index (χ4v) is 2.86. The van der Waals surface area contributed by atoms with E-state index in [-0.39, 0.29) is 11.6 Å². The Morgan fingerprint density at radius 1 is 1.15 bits per heavy atom. The number of nitrogens with zero attached hydrogens (tertiary/aromatic N) is 3. The maximum atomic E-state index is 12.4. The van der Waals surface area contributed by atoms with Gasteiger partial charge in [-0.15, -0.1) is 0 Å². The van der Waals surface area contributed by atoms with Crippen molar-refractivity contribution in [2.75, 3.05) is 23.9 Å². The Bertz CT molecular complexity index is 917. The van der Waals surface area contributed by atoms with Crippen LogP contribution < -0.4 is 15.0 Å². The lowest BCUT2D eigenvalue weighted by Gasteiger charge is -2.21. The Labute approximate surface area is 162 Å². The lowest BCUT2D eigenvalue weighted by atomic mass is 10.3. The highest BCUT2D eigenvalue weighted by Gasteiger charge is 2.13. The minimum Gasteiger partial charge on any atom is -0.495 e. The molecule has 0 fully saturated rings. The van der Waals surface area contributed by atoms with E-state index in [1.807, 2.05) is 42.2 Å². The summed E-state index contributed by atoms with van der Waals surface area (Å²) < 4.78 is 5.10. The second-order valence-electron chi connectivity index (χ2n) is 5.64. The van der Waals surface area contributed by atoms with E-state index in [0.717, 1.165) is 12.2 Å². The summed E-state index contributed by atoms with van der Waals surface area (Å²) in [5.74, 6) is 0.852. The molecular formula is C20H19ClN4O2. The van der Waals surface area contributed by atoms with E-state index in [1.165, 1.54) is 13.3 Å². The minimum atomic E-state index is -0.363. The number of carbonyl (C=O) groups excluding carboxylic acids is 1. The molecule has 6 nitrogen and oxygen atoms in total. The van der Waals surface area contributed by atoms with Gasteiger partial charge in [-0.05, 0) is 37.3 Å². The molecule has 138 valence electrons. The Morgan fingerprint density at radius 2 is 1.93 bits per heavy atom. The molecule has 0 radical (unpaired) electrons. The van der Waals surface area contributed by atoms with Crippen LogP contribution in [-0.4, -0.2) is 29.5 Å². The van der Waals surface area contributed by atoms with E-state index < -0.39 is 0 Å². The third kappa shape index (κ3) is 4.35. The van der Waals surface area contributed by atoms with Crippen molar-refractivity contribution in [1.29, 1.82) is 0 Å². The molecule has 1 N–H and O–H groups in total. The third-order valence-corrected chi connectivity index (χ3v) is 4.24. The van der Waals surface area contributed by atoms with Gasteiger partial charge >= 0.3 is 0 Å². The summed E-state index contributed by atoms with van der Waals surface area (Å²) >= 11 is 6.08. The average Bonchev–Trinajstić information content (AvgIpc) is 2.70. The number of halogens is 1. The molecule has 0 saturated heterocycles. The van der Waals surface area contributed by atoms with Gasteiger partial charge in [0.1, 0.15) is 11.4 Å². The fraction of sp³-hybridized carbons (Fsp3) is 0.150. The van der Waals surface area contributed by atoms with Crippen LogP contribution in [0.15, 0.2) is 60.9 Å². The van der Waals surface area contributed by atoms with E-state index in [0.29, 0.717) is 22.3 Å². The molecule has 0 aliphatic carbocycles. The van der Waals surface area contributed by atoms with Gasteiger partial charge in [-0.1, -0.05) is 29.8 Å². The number of amides is 1. The molecule has 0 aliphatic heterocycles. The number of hydrogen-bond donors (Lipinski definition) is 1. The predicted octanol–water partition coefficient (Wildman–Crippen LogP) is 4.55. The number of hydrogen-bond acceptors (Lipinski definition) is 5. The predicted molar refractivity (Wildman–Crippen MR) is 107 cm³/mol. The van der Waals surface area contributed by atoms with Gasteiger partial charge in [-0.25, -0.2) is 9.97 Å². The van der Waals surface area contributed by atoms with Gasteiger partial charge in [-0.2, -0.15) is 0 Å². The quantitative estimate of drug-likeness (QED) is 0.677. The highest BCUT2D eigenvalue weighted by molar-refractivity contribution is 6.32. The summed E-state index contributed by atoms with van der Waals surface area (Å²) in [5, 5.41) is 3.16. The first-order chi connectivity index (χ1) is 13.1. The number of carbonyl (C=O) groups is 1. The van der Waals surface area contributed by atoms with Crippen LogP contribution in [0.2, 0.25) is 5.02 Å². The molecule has 0 atom stereocenters. The van der Waals surface area contributed by atoms with Gasteiger partial charge in [0.15, 0.2) is 5.82 Å².